The molecule has 0 saturated heterocycles. The minimum atomic E-state index is -0.923. The Balaban J connectivity index is 1.89. The van der Waals surface area contributed by atoms with Gasteiger partial charge in [-0.1, -0.05) is 26.3 Å². The number of carbonyl (C=O) groups is 3. The molecule has 0 fully saturated rings. The van der Waals surface area contributed by atoms with Crippen LogP contribution in [-0.2, 0) is 23.9 Å². The summed E-state index contributed by atoms with van der Waals surface area (Å²) in [5.41, 5.74) is 3.01. The maximum atomic E-state index is 13.9. The van der Waals surface area contributed by atoms with Crippen LogP contribution in [0, 0.1) is 11.8 Å². The van der Waals surface area contributed by atoms with Crippen LogP contribution < -0.4 is 14.8 Å². The summed E-state index contributed by atoms with van der Waals surface area (Å²) in [5, 5.41) is 3.38. The summed E-state index contributed by atoms with van der Waals surface area (Å²) in [6.07, 6.45) is 1.92. The molecule has 1 N–H and O–H groups in total. The minimum absolute atomic E-state index is 0.113. The monoisotopic (exact) mass is 469 g/mol. The summed E-state index contributed by atoms with van der Waals surface area (Å²) < 4.78 is 21.7. The molecule has 34 heavy (non-hydrogen) atoms. The van der Waals surface area contributed by atoms with Crippen molar-refractivity contribution in [2.24, 2.45) is 11.8 Å². The number of benzene rings is 1. The first-order chi connectivity index (χ1) is 16.4. The number of dihydropyridines is 1. The van der Waals surface area contributed by atoms with E-state index < -0.39 is 23.8 Å². The summed E-state index contributed by atoms with van der Waals surface area (Å²) in [7, 11) is 0. The summed E-state index contributed by atoms with van der Waals surface area (Å²) in [5.74, 6) is -2.02. The molecule has 182 valence electrons. The normalized spacial score (nSPS) is 23.4. The fourth-order valence-electron chi connectivity index (χ4n) is 5.02. The van der Waals surface area contributed by atoms with E-state index in [0.717, 1.165) is 17.8 Å². The summed E-state index contributed by atoms with van der Waals surface area (Å²) in [4.78, 5) is 39.9. The molecule has 1 aliphatic carbocycles. The van der Waals surface area contributed by atoms with Crippen LogP contribution in [0.25, 0.3) is 0 Å². The Bertz CT molecular complexity index is 1070. The van der Waals surface area contributed by atoms with Crippen molar-refractivity contribution in [3.05, 3.63) is 46.3 Å². The zero-order chi connectivity index (χ0) is 24.4. The molecule has 1 aromatic carbocycles. The van der Waals surface area contributed by atoms with Gasteiger partial charge in [-0.15, -0.1) is 0 Å². The zero-order valence-corrected chi connectivity index (χ0v) is 20.1. The lowest BCUT2D eigenvalue weighted by atomic mass is 9.69. The average Bonchev–Trinajstić information content (AvgIpc) is 3.26. The van der Waals surface area contributed by atoms with Gasteiger partial charge in [0, 0.05) is 22.9 Å². The predicted octanol–water partition coefficient (Wildman–Crippen LogP) is 3.76. The van der Waals surface area contributed by atoms with E-state index in [4.69, 9.17) is 18.9 Å². The van der Waals surface area contributed by atoms with Gasteiger partial charge in [0.05, 0.1) is 18.8 Å². The van der Waals surface area contributed by atoms with Crippen molar-refractivity contribution in [2.75, 3.05) is 20.0 Å². The van der Waals surface area contributed by atoms with Gasteiger partial charge in [-0.3, -0.25) is 9.59 Å². The fraction of sp³-hybridized carbons (Fsp3) is 0.500. The van der Waals surface area contributed by atoms with Gasteiger partial charge in [0.15, 0.2) is 17.3 Å². The molecule has 0 spiro atoms. The number of carbonyl (C=O) groups excluding carboxylic acids is 3. The van der Waals surface area contributed by atoms with Crippen molar-refractivity contribution < 1.29 is 33.3 Å². The van der Waals surface area contributed by atoms with Gasteiger partial charge in [-0.25, -0.2) is 4.79 Å². The third-order valence-corrected chi connectivity index (χ3v) is 6.44. The molecule has 3 atom stereocenters. The number of hydrogen-bond donors (Lipinski definition) is 1. The van der Waals surface area contributed by atoms with Gasteiger partial charge < -0.3 is 24.3 Å². The highest BCUT2D eigenvalue weighted by molar-refractivity contribution is 6.12. The van der Waals surface area contributed by atoms with Gasteiger partial charge >= 0.3 is 11.9 Å². The molecule has 8 nitrogen and oxygen atoms in total. The van der Waals surface area contributed by atoms with Crippen LogP contribution in [-0.4, -0.2) is 37.7 Å². The van der Waals surface area contributed by atoms with Crippen LogP contribution in [0.15, 0.2) is 40.7 Å². The molecule has 2 aliphatic heterocycles. The molecule has 3 aliphatic rings. The van der Waals surface area contributed by atoms with Gasteiger partial charge in [-0.05, 0) is 50.3 Å². The van der Waals surface area contributed by atoms with E-state index in [1.54, 1.807) is 26.0 Å². The number of ether oxygens (including phenoxy) is 4. The lowest BCUT2D eigenvalue weighted by Gasteiger charge is -2.39. The molecule has 0 saturated carbocycles. The smallest absolute Gasteiger partial charge is 0.336 e. The largest absolute Gasteiger partial charge is 0.465 e. The molecule has 0 bridgehead atoms. The van der Waals surface area contributed by atoms with Gasteiger partial charge in [0.25, 0.3) is 0 Å². The highest BCUT2D eigenvalue weighted by Crippen LogP contribution is 2.47. The van der Waals surface area contributed by atoms with E-state index in [1.165, 1.54) is 0 Å². The first-order valence-electron chi connectivity index (χ1n) is 11.9. The topological polar surface area (TPSA) is 100 Å². The molecule has 2 heterocycles. The van der Waals surface area contributed by atoms with E-state index in [9.17, 15) is 14.4 Å². The molecule has 8 heteroatoms. The lowest BCUT2D eigenvalue weighted by Crippen LogP contribution is -2.43. The second-order valence-electron chi connectivity index (χ2n) is 8.70. The SMILES string of the molecule is CCCC1=C(C(=O)OCC)C(c2ccc3c(c2)OCO3)C2=C(CC(C)C(C(=O)OCC)C2=O)N1. The molecule has 4 rings (SSSR count). The van der Waals surface area contributed by atoms with Crippen molar-refractivity contribution in [3.63, 3.8) is 0 Å². The zero-order valence-electron chi connectivity index (χ0n) is 20.1. The number of fused-ring (bicyclic) bond motifs is 1. The molecule has 0 radical (unpaired) electrons. The van der Waals surface area contributed by atoms with Crippen molar-refractivity contribution >= 4 is 17.7 Å². The quantitative estimate of drug-likeness (QED) is 0.476. The number of Topliss-reactive ketones (excluding diaryl/α,β-unsaturated/α-hetero) is 1. The average molecular weight is 470 g/mol. The number of rotatable bonds is 7. The second kappa shape index (κ2) is 9.91. The first kappa shape index (κ1) is 23.9. The Morgan fingerprint density at radius 3 is 2.53 bits per heavy atom. The van der Waals surface area contributed by atoms with Crippen LogP contribution in [0.3, 0.4) is 0 Å². The molecular weight excluding hydrogens is 438 g/mol. The third-order valence-electron chi connectivity index (χ3n) is 6.44. The summed E-state index contributed by atoms with van der Waals surface area (Å²) in [6.45, 7) is 7.89. The Morgan fingerprint density at radius 2 is 1.82 bits per heavy atom. The van der Waals surface area contributed by atoms with E-state index in [0.29, 0.717) is 41.1 Å². The van der Waals surface area contributed by atoms with Crippen LogP contribution >= 0.6 is 0 Å². The van der Waals surface area contributed by atoms with Crippen molar-refractivity contribution in [3.8, 4) is 11.5 Å². The standard InChI is InChI=1S/C26H31NO7/c1-5-8-16-23(26(30)32-7-3)21(15-9-10-18-19(12-15)34-13-33-18)22-17(27-16)11-14(4)20(24(22)28)25(29)31-6-2/h9-10,12,14,20-21,27H,5-8,11,13H2,1-4H3. The number of allylic oxidation sites excluding steroid dienone is 3. The minimum Gasteiger partial charge on any atom is -0.465 e. The van der Waals surface area contributed by atoms with E-state index in [1.807, 2.05) is 19.9 Å². The van der Waals surface area contributed by atoms with Gasteiger partial charge in [0.1, 0.15) is 5.92 Å². The maximum absolute atomic E-state index is 13.9. The molecule has 1 aromatic rings. The van der Waals surface area contributed by atoms with Gasteiger partial charge in [-0.2, -0.15) is 0 Å². The Kier molecular flexibility index (Phi) is 6.95. The van der Waals surface area contributed by atoms with Crippen LogP contribution in [0.2, 0.25) is 0 Å². The predicted molar refractivity (Wildman–Crippen MR) is 123 cm³/mol. The second-order valence-corrected chi connectivity index (χ2v) is 8.70. The van der Waals surface area contributed by atoms with Crippen LogP contribution in [0.1, 0.15) is 58.4 Å². The Labute approximate surface area is 199 Å². The number of esters is 2. The molecule has 0 amide bonds. The molecule has 3 unspecified atom stereocenters. The summed E-state index contributed by atoms with van der Waals surface area (Å²) in [6, 6.07) is 5.42. The van der Waals surface area contributed by atoms with Crippen molar-refractivity contribution in [1.82, 2.24) is 5.32 Å². The fourth-order valence-corrected chi connectivity index (χ4v) is 5.02. The first-order valence-corrected chi connectivity index (χ1v) is 11.9. The van der Waals surface area contributed by atoms with E-state index in [-0.39, 0.29) is 31.7 Å². The van der Waals surface area contributed by atoms with Crippen molar-refractivity contribution in [1.29, 1.82) is 0 Å². The van der Waals surface area contributed by atoms with E-state index in [2.05, 4.69) is 5.32 Å². The maximum Gasteiger partial charge on any atom is 0.336 e. The number of nitrogens with one attached hydrogen (secondary N) is 1. The summed E-state index contributed by atoms with van der Waals surface area (Å²) >= 11 is 0. The lowest BCUT2D eigenvalue weighted by molar-refractivity contribution is -0.153. The van der Waals surface area contributed by atoms with Gasteiger partial charge in [0.2, 0.25) is 6.79 Å². The Hall–Kier alpha value is -3.29. The van der Waals surface area contributed by atoms with Crippen LogP contribution in [0.5, 0.6) is 11.5 Å². The third kappa shape index (κ3) is 4.17. The van der Waals surface area contributed by atoms with Crippen LogP contribution in [0.4, 0.5) is 0 Å². The molecular formula is C26H31NO7. The highest BCUT2D eigenvalue weighted by Gasteiger charge is 2.47. The van der Waals surface area contributed by atoms with E-state index >= 15 is 0 Å². The Morgan fingerprint density at radius 1 is 1.09 bits per heavy atom. The number of ketones is 1. The molecule has 0 aromatic heterocycles. The van der Waals surface area contributed by atoms with Crippen molar-refractivity contribution in [2.45, 2.75) is 52.9 Å². The highest BCUT2D eigenvalue weighted by atomic mass is 16.7. The number of hydrogen-bond acceptors (Lipinski definition) is 8.